The van der Waals surface area contributed by atoms with E-state index in [4.69, 9.17) is 16.6 Å². The zero-order chi connectivity index (χ0) is 13.8. The molecule has 1 aliphatic heterocycles. The molecule has 0 fully saturated rings. The van der Waals surface area contributed by atoms with E-state index < -0.39 is 0 Å². The van der Waals surface area contributed by atoms with Crippen LogP contribution in [0.2, 0.25) is 0 Å². The van der Waals surface area contributed by atoms with E-state index in [-0.39, 0.29) is 0 Å². The van der Waals surface area contributed by atoms with E-state index in [0.29, 0.717) is 17.4 Å². The van der Waals surface area contributed by atoms with Crippen LogP contribution in [0.3, 0.4) is 0 Å². The Morgan fingerprint density at radius 3 is 2.00 bits per heavy atom. The number of aliphatic imine (C=N–C) groups is 2. The van der Waals surface area contributed by atoms with Gasteiger partial charge in [-0.3, -0.25) is 0 Å². The number of amidine groups is 1. The number of allylic oxidation sites excluding steroid dienone is 1. The molecule has 3 heteroatoms. The molecule has 0 atom stereocenters. The molecule has 1 aliphatic rings. The SMILES string of the molecule is ClC1=CCC(c2ccccc2)=NC(c2ccccc2)=N1. The van der Waals surface area contributed by atoms with Crippen LogP contribution in [0.5, 0.6) is 0 Å². The molecule has 0 bridgehead atoms. The summed E-state index contributed by atoms with van der Waals surface area (Å²) < 4.78 is 0. The van der Waals surface area contributed by atoms with Crippen molar-refractivity contribution < 1.29 is 0 Å². The molecule has 0 amide bonds. The van der Waals surface area contributed by atoms with Crippen LogP contribution in [0.1, 0.15) is 17.5 Å². The molecular formula is C17H13ClN2. The monoisotopic (exact) mass is 280 g/mol. The molecule has 0 spiro atoms. The van der Waals surface area contributed by atoms with Crippen molar-refractivity contribution in [3.05, 3.63) is 83.0 Å². The largest absolute Gasteiger partial charge is 0.232 e. The van der Waals surface area contributed by atoms with Gasteiger partial charge in [-0.2, -0.15) is 0 Å². The van der Waals surface area contributed by atoms with E-state index in [1.165, 1.54) is 0 Å². The summed E-state index contributed by atoms with van der Waals surface area (Å²) in [5.74, 6) is 0.656. The quantitative estimate of drug-likeness (QED) is 0.728. The van der Waals surface area contributed by atoms with Gasteiger partial charge in [0.05, 0.1) is 5.71 Å². The first-order valence-corrected chi connectivity index (χ1v) is 6.83. The first-order chi connectivity index (χ1) is 9.83. The lowest BCUT2D eigenvalue weighted by Crippen LogP contribution is -2.04. The second kappa shape index (κ2) is 5.85. The van der Waals surface area contributed by atoms with Gasteiger partial charge < -0.3 is 0 Å². The first-order valence-electron chi connectivity index (χ1n) is 6.46. The van der Waals surface area contributed by atoms with E-state index in [0.717, 1.165) is 16.8 Å². The average Bonchev–Trinajstić information content (AvgIpc) is 2.71. The minimum Gasteiger partial charge on any atom is -0.232 e. The minimum absolute atomic E-state index is 0.485. The van der Waals surface area contributed by atoms with Crippen LogP contribution >= 0.6 is 11.6 Å². The molecule has 0 aliphatic carbocycles. The Balaban J connectivity index is 2.06. The number of halogens is 1. The smallest absolute Gasteiger partial charge is 0.161 e. The minimum atomic E-state index is 0.485. The van der Waals surface area contributed by atoms with Crippen LogP contribution in [0.15, 0.2) is 81.9 Å². The van der Waals surface area contributed by atoms with Gasteiger partial charge in [0.15, 0.2) is 5.84 Å². The van der Waals surface area contributed by atoms with Gasteiger partial charge in [0, 0.05) is 12.0 Å². The third-order valence-electron chi connectivity index (χ3n) is 3.06. The second-order valence-electron chi connectivity index (χ2n) is 4.46. The predicted octanol–water partition coefficient (Wildman–Crippen LogP) is 4.41. The predicted molar refractivity (Wildman–Crippen MR) is 84.5 cm³/mol. The van der Waals surface area contributed by atoms with E-state index in [1.54, 1.807) is 0 Å². The fourth-order valence-electron chi connectivity index (χ4n) is 2.06. The van der Waals surface area contributed by atoms with Gasteiger partial charge in [-0.15, -0.1) is 0 Å². The molecule has 3 rings (SSSR count). The maximum Gasteiger partial charge on any atom is 0.161 e. The molecule has 0 radical (unpaired) electrons. The fourth-order valence-corrected chi connectivity index (χ4v) is 2.21. The Hall–Kier alpha value is -2.19. The number of nitrogens with zero attached hydrogens (tertiary/aromatic N) is 2. The van der Waals surface area contributed by atoms with Crippen molar-refractivity contribution in [1.29, 1.82) is 0 Å². The highest BCUT2D eigenvalue weighted by Gasteiger charge is 2.10. The molecule has 0 aromatic heterocycles. The molecule has 0 unspecified atom stereocenters. The molecule has 20 heavy (non-hydrogen) atoms. The summed E-state index contributed by atoms with van der Waals surface area (Å²) in [6.45, 7) is 0. The van der Waals surface area contributed by atoms with Crippen molar-refractivity contribution in [2.75, 3.05) is 0 Å². The van der Waals surface area contributed by atoms with Gasteiger partial charge in [-0.25, -0.2) is 9.98 Å². The Labute approximate surface area is 123 Å². The lowest BCUT2D eigenvalue weighted by molar-refractivity contribution is 1.41. The number of hydrogen-bond acceptors (Lipinski definition) is 2. The zero-order valence-electron chi connectivity index (χ0n) is 10.8. The summed E-state index contributed by atoms with van der Waals surface area (Å²) >= 11 is 6.12. The van der Waals surface area contributed by atoms with Crippen LogP contribution in [0.25, 0.3) is 0 Å². The molecular weight excluding hydrogens is 268 g/mol. The highest BCUT2D eigenvalue weighted by Crippen LogP contribution is 2.17. The summed E-state index contributed by atoms with van der Waals surface area (Å²) in [7, 11) is 0. The Morgan fingerprint density at radius 1 is 0.750 bits per heavy atom. The van der Waals surface area contributed by atoms with Crippen LogP contribution in [-0.4, -0.2) is 11.5 Å². The zero-order valence-corrected chi connectivity index (χ0v) is 11.6. The highest BCUT2D eigenvalue weighted by molar-refractivity contribution is 6.31. The summed E-state index contributed by atoms with van der Waals surface area (Å²) in [6, 6.07) is 20.0. The van der Waals surface area contributed by atoms with Crippen LogP contribution in [0.4, 0.5) is 0 Å². The van der Waals surface area contributed by atoms with Crippen LogP contribution in [-0.2, 0) is 0 Å². The van der Waals surface area contributed by atoms with Gasteiger partial charge >= 0.3 is 0 Å². The summed E-state index contributed by atoms with van der Waals surface area (Å²) in [6.07, 6.45) is 2.58. The Kier molecular flexibility index (Phi) is 3.75. The lowest BCUT2D eigenvalue weighted by atomic mass is 10.1. The molecule has 2 nitrogen and oxygen atoms in total. The summed E-state index contributed by atoms with van der Waals surface area (Å²) in [5, 5.41) is 0.485. The first kappa shape index (κ1) is 12.8. The van der Waals surface area contributed by atoms with Crippen molar-refractivity contribution >= 4 is 23.1 Å². The molecule has 0 N–H and O–H groups in total. The highest BCUT2D eigenvalue weighted by atomic mass is 35.5. The van der Waals surface area contributed by atoms with Gasteiger partial charge in [-0.1, -0.05) is 72.3 Å². The molecule has 0 saturated heterocycles. The fraction of sp³-hybridized carbons (Fsp3) is 0.0588. The van der Waals surface area contributed by atoms with E-state index in [9.17, 15) is 0 Å². The molecule has 2 aromatic rings. The van der Waals surface area contributed by atoms with Gasteiger partial charge in [0.2, 0.25) is 0 Å². The Bertz CT molecular complexity index is 685. The van der Waals surface area contributed by atoms with Crippen molar-refractivity contribution in [2.45, 2.75) is 6.42 Å². The second-order valence-corrected chi connectivity index (χ2v) is 4.84. The third kappa shape index (κ3) is 2.86. The maximum absolute atomic E-state index is 6.12. The third-order valence-corrected chi connectivity index (χ3v) is 3.30. The van der Waals surface area contributed by atoms with Crippen molar-refractivity contribution in [1.82, 2.24) is 0 Å². The maximum atomic E-state index is 6.12. The Morgan fingerprint density at radius 2 is 1.35 bits per heavy atom. The number of hydrogen-bond donors (Lipinski definition) is 0. The molecule has 0 saturated carbocycles. The van der Waals surface area contributed by atoms with E-state index in [2.05, 4.69) is 17.1 Å². The van der Waals surface area contributed by atoms with Gasteiger partial charge in [0.25, 0.3) is 0 Å². The summed E-state index contributed by atoms with van der Waals surface area (Å²) in [5.41, 5.74) is 3.04. The number of benzene rings is 2. The summed E-state index contributed by atoms with van der Waals surface area (Å²) in [4.78, 5) is 9.07. The van der Waals surface area contributed by atoms with Crippen LogP contribution < -0.4 is 0 Å². The standard InChI is InChI=1S/C17H13ClN2/c18-16-12-11-15(13-7-3-1-4-8-13)19-17(20-16)14-9-5-2-6-10-14/h1-10,12H,11H2. The van der Waals surface area contributed by atoms with Crippen molar-refractivity contribution in [3.8, 4) is 0 Å². The molecule has 1 heterocycles. The number of rotatable bonds is 2. The van der Waals surface area contributed by atoms with Gasteiger partial charge in [-0.05, 0) is 11.6 Å². The van der Waals surface area contributed by atoms with E-state index >= 15 is 0 Å². The van der Waals surface area contributed by atoms with Crippen molar-refractivity contribution in [2.24, 2.45) is 9.98 Å². The lowest BCUT2D eigenvalue weighted by Gasteiger charge is -2.04. The van der Waals surface area contributed by atoms with Crippen LogP contribution in [0, 0.1) is 0 Å². The molecule has 2 aromatic carbocycles. The molecule has 98 valence electrons. The van der Waals surface area contributed by atoms with E-state index in [1.807, 2.05) is 54.6 Å². The average molecular weight is 281 g/mol. The normalized spacial score (nSPS) is 14.9. The topological polar surface area (TPSA) is 24.7 Å². The van der Waals surface area contributed by atoms with Crippen molar-refractivity contribution in [3.63, 3.8) is 0 Å². The van der Waals surface area contributed by atoms with Gasteiger partial charge in [0.1, 0.15) is 5.16 Å².